The summed E-state index contributed by atoms with van der Waals surface area (Å²) in [6.07, 6.45) is 0.879. The summed E-state index contributed by atoms with van der Waals surface area (Å²) in [6, 6.07) is 8.41. The smallest absolute Gasteiger partial charge is 0.0596 e. The summed E-state index contributed by atoms with van der Waals surface area (Å²) in [5, 5.41) is 8.83. The van der Waals surface area contributed by atoms with Crippen LogP contribution in [-0.4, -0.2) is 16.3 Å². The van der Waals surface area contributed by atoms with Crippen LogP contribution in [0.5, 0.6) is 0 Å². The molecule has 5 heteroatoms. The molecule has 0 aliphatic rings. The first-order valence-electron chi connectivity index (χ1n) is 7.26. The molecule has 2 rings (SSSR count). The van der Waals surface area contributed by atoms with E-state index >= 15 is 0 Å². The molecule has 0 saturated carbocycles. The van der Waals surface area contributed by atoms with Crippen LogP contribution in [0.1, 0.15) is 36.8 Å². The molecule has 0 aliphatic carbocycles. The highest BCUT2D eigenvalue weighted by molar-refractivity contribution is 9.10. The molecule has 1 N–H and O–H groups in total. The Labute approximate surface area is 139 Å². The van der Waals surface area contributed by atoms with Gasteiger partial charge in [-0.2, -0.15) is 5.10 Å². The van der Waals surface area contributed by atoms with Crippen molar-refractivity contribution in [3.8, 4) is 0 Å². The molecule has 1 heterocycles. The van der Waals surface area contributed by atoms with Crippen molar-refractivity contribution < 1.29 is 0 Å². The van der Waals surface area contributed by atoms with Gasteiger partial charge < -0.3 is 5.32 Å². The van der Waals surface area contributed by atoms with Crippen LogP contribution in [0.4, 0.5) is 0 Å². The van der Waals surface area contributed by atoms with E-state index in [2.05, 4.69) is 57.0 Å². The number of halogens is 2. The summed E-state index contributed by atoms with van der Waals surface area (Å²) in [6.45, 7) is 8.05. The Hall–Kier alpha value is -0.840. The Kier molecular flexibility index (Phi) is 5.85. The van der Waals surface area contributed by atoms with Gasteiger partial charge in [0.15, 0.2) is 0 Å². The van der Waals surface area contributed by atoms with Crippen molar-refractivity contribution in [1.29, 1.82) is 0 Å². The first-order valence-corrected chi connectivity index (χ1v) is 8.43. The lowest BCUT2D eigenvalue weighted by molar-refractivity contribution is 0.516. The van der Waals surface area contributed by atoms with Crippen molar-refractivity contribution in [3.63, 3.8) is 0 Å². The SMILES string of the molecule is CCNC(Cc1cc(C)nn1CC)c1ccc(Br)cc1Cl. The summed E-state index contributed by atoms with van der Waals surface area (Å²) in [4.78, 5) is 0. The molecule has 21 heavy (non-hydrogen) atoms. The monoisotopic (exact) mass is 369 g/mol. The maximum Gasteiger partial charge on any atom is 0.0596 e. The number of likely N-dealkylation sites (N-methyl/N-ethyl adjacent to an activating group) is 1. The average Bonchev–Trinajstić information content (AvgIpc) is 2.78. The van der Waals surface area contributed by atoms with Gasteiger partial charge >= 0.3 is 0 Å². The molecule has 0 fully saturated rings. The molecule has 114 valence electrons. The second-order valence-corrected chi connectivity index (χ2v) is 6.40. The van der Waals surface area contributed by atoms with Gasteiger partial charge in [-0.3, -0.25) is 4.68 Å². The molecule has 0 bridgehead atoms. The standard InChI is InChI=1S/C16H21BrClN3/c1-4-19-16(14-7-6-12(17)9-15(14)18)10-13-8-11(3)20-21(13)5-2/h6-9,16,19H,4-5,10H2,1-3H3. The molecule has 0 radical (unpaired) electrons. The molecule has 1 aromatic heterocycles. The van der Waals surface area contributed by atoms with Crippen LogP contribution >= 0.6 is 27.5 Å². The van der Waals surface area contributed by atoms with Gasteiger partial charge in [0.1, 0.15) is 0 Å². The fraction of sp³-hybridized carbons (Fsp3) is 0.438. The highest BCUT2D eigenvalue weighted by Gasteiger charge is 2.17. The topological polar surface area (TPSA) is 29.9 Å². The van der Waals surface area contributed by atoms with E-state index in [9.17, 15) is 0 Å². The predicted octanol–water partition coefficient (Wildman–Crippen LogP) is 4.52. The predicted molar refractivity (Wildman–Crippen MR) is 91.9 cm³/mol. The van der Waals surface area contributed by atoms with Gasteiger partial charge in [0.2, 0.25) is 0 Å². The van der Waals surface area contributed by atoms with Crippen molar-refractivity contribution in [1.82, 2.24) is 15.1 Å². The minimum Gasteiger partial charge on any atom is -0.310 e. The van der Waals surface area contributed by atoms with Gasteiger partial charge in [0.05, 0.1) is 5.69 Å². The summed E-state index contributed by atoms with van der Waals surface area (Å²) in [5.74, 6) is 0. The molecule has 0 saturated heterocycles. The molecule has 1 aromatic carbocycles. The minimum absolute atomic E-state index is 0.192. The Morgan fingerprint density at radius 1 is 1.33 bits per heavy atom. The highest BCUT2D eigenvalue weighted by atomic mass is 79.9. The number of hydrogen-bond acceptors (Lipinski definition) is 2. The van der Waals surface area contributed by atoms with E-state index in [0.29, 0.717) is 0 Å². The van der Waals surface area contributed by atoms with Gasteiger partial charge in [-0.15, -0.1) is 0 Å². The molecule has 3 nitrogen and oxygen atoms in total. The first kappa shape index (κ1) is 16.5. The zero-order valence-electron chi connectivity index (χ0n) is 12.7. The zero-order valence-corrected chi connectivity index (χ0v) is 15.0. The van der Waals surface area contributed by atoms with Crippen LogP contribution in [0.3, 0.4) is 0 Å². The number of rotatable bonds is 6. The van der Waals surface area contributed by atoms with Crippen molar-refractivity contribution in [2.45, 2.75) is 39.8 Å². The Balaban J connectivity index is 2.30. The quantitative estimate of drug-likeness (QED) is 0.810. The summed E-state index contributed by atoms with van der Waals surface area (Å²) < 4.78 is 3.06. The number of hydrogen-bond donors (Lipinski definition) is 1. The Morgan fingerprint density at radius 3 is 2.71 bits per heavy atom. The van der Waals surface area contributed by atoms with Crippen LogP contribution in [0, 0.1) is 6.92 Å². The molecular formula is C16H21BrClN3. The molecule has 0 aliphatic heterocycles. The third kappa shape index (κ3) is 4.09. The Bertz CT molecular complexity index is 610. The van der Waals surface area contributed by atoms with E-state index in [-0.39, 0.29) is 6.04 Å². The molecule has 2 aromatic rings. The van der Waals surface area contributed by atoms with Gasteiger partial charge in [0.25, 0.3) is 0 Å². The normalized spacial score (nSPS) is 12.6. The van der Waals surface area contributed by atoms with E-state index in [1.165, 1.54) is 5.69 Å². The van der Waals surface area contributed by atoms with Gasteiger partial charge in [0, 0.05) is 34.2 Å². The van der Waals surface area contributed by atoms with E-state index in [4.69, 9.17) is 11.6 Å². The van der Waals surface area contributed by atoms with Crippen LogP contribution in [0.15, 0.2) is 28.7 Å². The summed E-state index contributed by atoms with van der Waals surface area (Å²) >= 11 is 9.87. The van der Waals surface area contributed by atoms with E-state index in [0.717, 1.165) is 40.3 Å². The van der Waals surface area contributed by atoms with Crippen molar-refractivity contribution in [2.24, 2.45) is 0 Å². The van der Waals surface area contributed by atoms with Crippen molar-refractivity contribution >= 4 is 27.5 Å². The fourth-order valence-corrected chi connectivity index (χ4v) is 3.37. The fourth-order valence-electron chi connectivity index (χ4n) is 2.57. The number of nitrogens with one attached hydrogen (secondary N) is 1. The largest absolute Gasteiger partial charge is 0.310 e. The van der Waals surface area contributed by atoms with E-state index < -0.39 is 0 Å². The van der Waals surface area contributed by atoms with Gasteiger partial charge in [-0.1, -0.05) is 40.5 Å². The third-order valence-electron chi connectivity index (χ3n) is 3.49. The van der Waals surface area contributed by atoms with Crippen LogP contribution < -0.4 is 5.32 Å². The van der Waals surface area contributed by atoms with Crippen LogP contribution in [-0.2, 0) is 13.0 Å². The van der Waals surface area contributed by atoms with Gasteiger partial charge in [-0.25, -0.2) is 0 Å². The number of benzene rings is 1. The average molecular weight is 371 g/mol. The molecule has 1 atom stereocenters. The van der Waals surface area contributed by atoms with Crippen LogP contribution in [0.25, 0.3) is 0 Å². The van der Waals surface area contributed by atoms with E-state index in [1.807, 2.05) is 19.1 Å². The third-order valence-corrected chi connectivity index (χ3v) is 4.31. The number of aryl methyl sites for hydroxylation is 2. The lowest BCUT2D eigenvalue weighted by atomic mass is 10.0. The van der Waals surface area contributed by atoms with E-state index in [1.54, 1.807) is 0 Å². The van der Waals surface area contributed by atoms with Crippen molar-refractivity contribution in [2.75, 3.05) is 6.54 Å². The van der Waals surface area contributed by atoms with Gasteiger partial charge in [-0.05, 0) is 44.2 Å². The highest BCUT2D eigenvalue weighted by Crippen LogP contribution is 2.28. The second-order valence-electron chi connectivity index (χ2n) is 5.07. The number of nitrogens with zero attached hydrogens (tertiary/aromatic N) is 2. The second kappa shape index (κ2) is 7.43. The zero-order chi connectivity index (χ0) is 15.4. The summed E-state index contributed by atoms with van der Waals surface area (Å²) in [5.41, 5.74) is 3.42. The maximum absolute atomic E-state index is 6.41. The lowest BCUT2D eigenvalue weighted by Crippen LogP contribution is -2.24. The van der Waals surface area contributed by atoms with Crippen LogP contribution in [0.2, 0.25) is 5.02 Å². The summed E-state index contributed by atoms with van der Waals surface area (Å²) in [7, 11) is 0. The van der Waals surface area contributed by atoms with Crippen molar-refractivity contribution in [3.05, 3.63) is 50.7 Å². The molecular weight excluding hydrogens is 350 g/mol. The minimum atomic E-state index is 0.192. The molecule has 0 spiro atoms. The molecule has 1 unspecified atom stereocenters. The Morgan fingerprint density at radius 2 is 2.10 bits per heavy atom. The lowest BCUT2D eigenvalue weighted by Gasteiger charge is -2.20. The molecule has 0 amide bonds. The maximum atomic E-state index is 6.41. The first-order chi connectivity index (χ1) is 10.0. The number of aromatic nitrogens is 2.